The lowest BCUT2D eigenvalue weighted by molar-refractivity contribution is 0.615. The fourth-order valence-electron chi connectivity index (χ4n) is 0.774. The van der Waals surface area contributed by atoms with E-state index in [1.54, 1.807) is 0 Å². The van der Waals surface area contributed by atoms with Crippen LogP contribution in [0, 0.1) is 0 Å². The molecule has 0 aromatic carbocycles. The quantitative estimate of drug-likeness (QED) is 0.538. The lowest BCUT2D eigenvalue weighted by Crippen LogP contribution is -2.13. The first-order chi connectivity index (χ1) is 3.81. The monoisotopic (exact) mass is 148 g/mol. The van der Waals surface area contributed by atoms with Gasteiger partial charge in [-0.3, -0.25) is 0 Å². The van der Waals surface area contributed by atoms with E-state index in [-0.39, 0.29) is 9.76 Å². The molecule has 0 amide bonds. The molecule has 50 valence electrons. The van der Waals surface area contributed by atoms with E-state index in [9.17, 15) is 0 Å². The van der Waals surface area contributed by atoms with Crippen molar-refractivity contribution >= 4 is 18.8 Å². The minimum absolute atomic E-state index is 0.0921. The number of hydrogen-bond acceptors (Lipinski definition) is 1. The second kappa shape index (κ2) is 5.53. The molecule has 8 heavy (non-hydrogen) atoms. The first kappa shape index (κ1) is 8.39. The minimum Gasteiger partial charge on any atom is -0.463 e. The maximum atomic E-state index is 5.56. The van der Waals surface area contributed by atoms with Crippen LogP contribution >= 0.6 is 0 Å². The summed E-state index contributed by atoms with van der Waals surface area (Å²) < 4.78 is 5.56. The summed E-state index contributed by atoms with van der Waals surface area (Å²) in [5.74, 6) is 0. The van der Waals surface area contributed by atoms with Crippen LogP contribution in [0.5, 0.6) is 0 Å². The molecule has 3 heteroatoms. The maximum absolute atomic E-state index is 5.56. The molecule has 1 unspecified atom stereocenters. The van der Waals surface area contributed by atoms with E-state index in [2.05, 4.69) is 20.0 Å². The van der Waals surface area contributed by atoms with Crippen LogP contribution in [0.3, 0.4) is 0 Å². The predicted octanol–water partition coefficient (Wildman–Crippen LogP) is 0.898. The Morgan fingerprint density at radius 2 is 2.25 bits per heavy atom. The molecule has 0 heterocycles. The Hall–Kier alpha value is 0.394. The smallest absolute Gasteiger partial charge is 0.159 e. The summed E-state index contributed by atoms with van der Waals surface area (Å²) >= 11 is 0. The molecule has 1 atom stereocenters. The Balaban J connectivity index is 2.92. The summed E-state index contributed by atoms with van der Waals surface area (Å²) in [4.78, 5) is 0. The van der Waals surface area contributed by atoms with E-state index in [0.717, 1.165) is 0 Å². The van der Waals surface area contributed by atoms with Crippen molar-refractivity contribution in [3.05, 3.63) is 0 Å². The highest BCUT2D eigenvalue weighted by Gasteiger charge is 1.98. The summed E-state index contributed by atoms with van der Waals surface area (Å²) in [7, 11) is -0.732. The van der Waals surface area contributed by atoms with Gasteiger partial charge in [0.05, 0.1) is 0 Å². The van der Waals surface area contributed by atoms with Crippen molar-refractivity contribution in [1.82, 2.24) is 0 Å². The highest BCUT2D eigenvalue weighted by molar-refractivity contribution is 6.56. The van der Waals surface area contributed by atoms with E-state index in [0.29, 0.717) is 0 Å². The van der Waals surface area contributed by atoms with Crippen molar-refractivity contribution in [2.75, 3.05) is 0 Å². The van der Waals surface area contributed by atoms with Gasteiger partial charge in [-0.15, -0.1) is 0 Å². The Labute approximate surface area is 56.1 Å². The Bertz CT molecular complexity index is 43.7. The fraction of sp³-hybridized carbons (Fsp3) is 1.00. The van der Waals surface area contributed by atoms with Crippen LogP contribution in [0.15, 0.2) is 0 Å². The molecule has 0 rings (SSSR count). The van der Waals surface area contributed by atoms with Crippen molar-refractivity contribution in [2.45, 2.75) is 32.5 Å². The minimum atomic E-state index is -0.640. The lowest BCUT2D eigenvalue weighted by Gasteiger charge is -2.06. The van der Waals surface area contributed by atoms with Gasteiger partial charge in [0.1, 0.15) is 9.76 Å². The highest BCUT2D eigenvalue weighted by Crippen LogP contribution is 1.95. The Morgan fingerprint density at radius 3 is 2.62 bits per heavy atom. The summed E-state index contributed by atoms with van der Waals surface area (Å²) in [6, 6.07) is 1.36. The van der Waals surface area contributed by atoms with Crippen LogP contribution in [-0.2, 0) is 4.12 Å². The van der Waals surface area contributed by atoms with Crippen LogP contribution < -0.4 is 0 Å². The molecular weight excluding hydrogens is 132 g/mol. The zero-order valence-corrected chi connectivity index (χ0v) is 8.68. The van der Waals surface area contributed by atoms with Crippen LogP contribution in [0.1, 0.15) is 13.3 Å². The summed E-state index contributed by atoms with van der Waals surface area (Å²) in [5, 5.41) is 0. The largest absolute Gasteiger partial charge is 0.463 e. The normalized spacial score (nSPS) is 15.4. The number of rotatable bonds is 4. The Kier molecular flexibility index (Phi) is 5.80. The molecule has 0 aromatic rings. The van der Waals surface area contributed by atoms with Gasteiger partial charge < -0.3 is 4.12 Å². The third kappa shape index (κ3) is 4.55. The molecule has 0 fully saturated rings. The van der Waals surface area contributed by atoms with Crippen molar-refractivity contribution in [2.24, 2.45) is 0 Å². The standard InChI is InChI=1S/C5H16OSi2/c1-4-5-8(3)6-7-2/h8H,4-5,7H2,1-3H3. The summed E-state index contributed by atoms with van der Waals surface area (Å²) in [5.41, 5.74) is 0. The first-order valence-electron chi connectivity index (χ1n) is 3.42. The van der Waals surface area contributed by atoms with Gasteiger partial charge in [-0.05, 0) is 12.6 Å². The van der Waals surface area contributed by atoms with E-state index in [1.165, 1.54) is 12.5 Å². The number of hydrogen-bond donors (Lipinski definition) is 0. The third-order valence-corrected chi connectivity index (χ3v) is 6.15. The van der Waals surface area contributed by atoms with E-state index in [1.807, 2.05) is 0 Å². The van der Waals surface area contributed by atoms with Crippen LogP contribution in [0.4, 0.5) is 0 Å². The van der Waals surface area contributed by atoms with Crippen LogP contribution in [-0.4, -0.2) is 18.8 Å². The third-order valence-electron chi connectivity index (χ3n) is 1.15. The molecule has 0 aliphatic rings. The molecule has 0 radical (unpaired) electrons. The van der Waals surface area contributed by atoms with Crippen molar-refractivity contribution in [3.8, 4) is 0 Å². The molecule has 0 spiro atoms. The molecule has 0 saturated carbocycles. The molecule has 0 bridgehead atoms. The first-order valence-corrected chi connectivity index (χ1v) is 7.86. The summed E-state index contributed by atoms with van der Waals surface area (Å²) in [6.45, 7) is 6.73. The van der Waals surface area contributed by atoms with Gasteiger partial charge in [-0.2, -0.15) is 0 Å². The SMILES string of the molecule is CCC[SiH](C)O[SiH2]C. The van der Waals surface area contributed by atoms with Crippen molar-refractivity contribution in [1.29, 1.82) is 0 Å². The van der Waals surface area contributed by atoms with Gasteiger partial charge in [-0.1, -0.05) is 19.9 Å². The second-order valence-corrected chi connectivity index (χ2v) is 6.16. The van der Waals surface area contributed by atoms with Crippen LogP contribution in [0.25, 0.3) is 0 Å². The maximum Gasteiger partial charge on any atom is 0.159 e. The topological polar surface area (TPSA) is 9.23 Å². The summed E-state index contributed by atoms with van der Waals surface area (Å²) in [6.07, 6.45) is 1.31. The van der Waals surface area contributed by atoms with Crippen molar-refractivity contribution < 1.29 is 4.12 Å². The fourth-order valence-corrected chi connectivity index (χ4v) is 4.53. The van der Waals surface area contributed by atoms with Gasteiger partial charge in [-0.25, -0.2) is 0 Å². The van der Waals surface area contributed by atoms with E-state index >= 15 is 0 Å². The Morgan fingerprint density at radius 1 is 1.62 bits per heavy atom. The average Bonchev–Trinajstić information content (AvgIpc) is 1.68. The molecule has 0 aliphatic heterocycles. The molecular formula is C5H16OSi2. The van der Waals surface area contributed by atoms with Gasteiger partial charge in [0.25, 0.3) is 0 Å². The predicted molar refractivity (Wildman–Crippen MR) is 43.6 cm³/mol. The zero-order valence-electron chi connectivity index (χ0n) is 6.11. The lowest BCUT2D eigenvalue weighted by atomic mass is 10.6. The van der Waals surface area contributed by atoms with Crippen molar-refractivity contribution in [3.63, 3.8) is 0 Å². The van der Waals surface area contributed by atoms with Gasteiger partial charge in [0, 0.05) is 0 Å². The van der Waals surface area contributed by atoms with E-state index < -0.39 is 9.04 Å². The van der Waals surface area contributed by atoms with Gasteiger partial charge in [0.15, 0.2) is 9.04 Å². The van der Waals surface area contributed by atoms with E-state index in [4.69, 9.17) is 4.12 Å². The van der Waals surface area contributed by atoms with Gasteiger partial charge in [0.2, 0.25) is 0 Å². The molecule has 0 saturated heterocycles. The van der Waals surface area contributed by atoms with Gasteiger partial charge >= 0.3 is 0 Å². The zero-order chi connectivity index (χ0) is 6.41. The molecule has 0 aliphatic carbocycles. The molecule has 0 aromatic heterocycles. The average molecular weight is 148 g/mol. The molecule has 0 N–H and O–H groups in total. The van der Waals surface area contributed by atoms with Crippen LogP contribution in [0.2, 0.25) is 19.1 Å². The second-order valence-electron chi connectivity index (χ2n) is 2.05. The molecule has 1 nitrogen and oxygen atoms in total. The highest BCUT2D eigenvalue weighted by atomic mass is 28.3.